The van der Waals surface area contributed by atoms with Gasteiger partial charge in [-0.15, -0.1) is 0 Å². The van der Waals surface area contributed by atoms with Crippen LogP contribution in [0.2, 0.25) is 0 Å². The van der Waals surface area contributed by atoms with E-state index in [0.29, 0.717) is 0 Å². The molecule has 0 spiro atoms. The van der Waals surface area contributed by atoms with Gasteiger partial charge in [0.05, 0.1) is 0 Å². The summed E-state index contributed by atoms with van der Waals surface area (Å²) in [6.45, 7) is 7.40. The van der Waals surface area contributed by atoms with Crippen molar-refractivity contribution < 1.29 is 0 Å². The van der Waals surface area contributed by atoms with Crippen molar-refractivity contribution in [2.75, 3.05) is 24.2 Å². The zero-order valence-electron chi connectivity index (χ0n) is 12.6. The molecule has 2 atom stereocenters. The summed E-state index contributed by atoms with van der Waals surface area (Å²) in [6.07, 6.45) is 5.46. The van der Waals surface area contributed by atoms with Crippen LogP contribution in [0.3, 0.4) is 0 Å². The Morgan fingerprint density at radius 3 is 2.58 bits per heavy atom. The van der Waals surface area contributed by atoms with Crippen molar-refractivity contribution in [3.63, 3.8) is 0 Å². The summed E-state index contributed by atoms with van der Waals surface area (Å²) in [4.78, 5) is 8.92. The van der Waals surface area contributed by atoms with E-state index in [-0.39, 0.29) is 0 Å². The number of hydrogen-bond acceptors (Lipinski definition) is 4. The molecule has 2 N–H and O–H groups in total. The number of rotatable bonds is 4. The second-order valence-electron chi connectivity index (χ2n) is 5.86. The molecule has 1 aliphatic carbocycles. The summed E-state index contributed by atoms with van der Waals surface area (Å²) < 4.78 is 0. The lowest BCUT2D eigenvalue weighted by Gasteiger charge is -2.27. The van der Waals surface area contributed by atoms with Crippen molar-refractivity contribution >= 4 is 11.6 Å². The average molecular weight is 262 g/mol. The first-order chi connectivity index (χ1) is 9.10. The van der Waals surface area contributed by atoms with Crippen molar-refractivity contribution in [2.24, 2.45) is 11.8 Å². The third-order valence-electron chi connectivity index (χ3n) is 4.10. The summed E-state index contributed by atoms with van der Waals surface area (Å²) in [5, 5.41) is 6.66. The molecule has 0 aliphatic heterocycles. The van der Waals surface area contributed by atoms with Gasteiger partial charge in [0.25, 0.3) is 0 Å². The number of nitrogens with zero attached hydrogens (tertiary/aromatic N) is 2. The van der Waals surface area contributed by atoms with Crippen molar-refractivity contribution in [1.29, 1.82) is 0 Å². The van der Waals surface area contributed by atoms with Gasteiger partial charge in [0.2, 0.25) is 0 Å². The van der Waals surface area contributed by atoms with Gasteiger partial charge in [-0.2, -0.15) is 0 Å². The van der Waals surface area contributed by atoms with Crippen LogP contribution in [-0.2, 0) is 0 Å². The number of anilines is 2. The Hall–Kier alpha value is -1.32. The molecule has 0 saturated heterocycles. The summed E-state index contributed by atoms with van der Waals surface area (Å²) in [7, 11) is 1.90. The van der Waals surface area contributed by atoms with Crippen molar-refractivity contribution in [3.05, 3.63) is 11.4 Å². The van der Waals surface area contributed by atoms with Crippen LogP contribution < -0.4 is 10.6 Å². The first kappa shape index (κ1) is 14.1. The summed E-state index contributed by atoms with van der Waals surface area (Å²) in [5.74, 6) is 4.38. The predicted molar refractivity (Wildman–Crippen MR) is 80.7 cm³/mol. The largest absolute Gasteiger partial charge is 0.373 e. The van der Waals surface area contributed by atoms with E-state index in [1.54, 1.807) is 0 Å². The lowest BCUT2D eigenvalue weighted by molar-refractivity contribution is 0.293. The molecule has 1 saturated carbocycles. The highest BCUT2D eigenvalue weighted by atomic mass is 15.1. The van der Waals surface area contributed by atoms with Crippen LogP contribution in [-0.4, -0.2) is 23.6 Å². The van der Waals surface area contributed by atoms with Gasteiger partial charge in [0, 0.05) is 19.2 Å². The Bertz CT molecular complexity index is 430. The second-order valence-corrected chi connectivity index (χ2v) is 5.86. The molecule has 4 nitrogen and oxygen atoms in total. The van der Waals surface area contributed by atoms with Crippen molar-refractivity contribution in [1.82, 2.24) is 9.97 Å². The molecule has 0 amide bonds. The Morgan fingerprint density at radius 1 is 1.16 bits per heavy atom. The van der Waals surface area contributed by atoms with Crippen molar-refractivity contribution in [3.8, 4) is 0 Å². The topological polar surface area (TPSA) is 49.8 Å². The van der Waals surface area contributed by atoms with Gasteiger partial charge in [-0.3, -0.25) is 0 Å². The molecule has 1 aliphatic rings. The van der Waals surface area contributed by atoms with E-state index in [9.17, 15) is 0 Å². The normalized spacial score (nSPS) is 23.2. The summed E-state index contributed by atoms with van der Waals surface area (Å²) >= 11 is 0. The number of hydrogen-bond donors (Lipinski definition) is 2. The molecule has 19 heavy (non-hydrogen) atoms. The van der Waals surface area contributed by atoms with Gasteiger partial charge in [0.15, 0.2) is 0 Å². The number of nitrogens with one attached hydrogen (secondary N) is 2. The van der Waals surface area contributed by atoms with Crippen LogP contribution >= 0.6 is 0 Å². The fourth-order valence-electron chi connectivity index (χ4n) is 3.03. The molecular weight excluding hydrogens is 236 g/mol. The van der Waals surface area contributed by atoms with E-state index < -0.39 is 0 Å². The lowest BCUT2D eigenvalue weighted by atomic mass is 9.82. The Morgan fingerprint density at radius 2 is 1.89 bits per heavy atom. The van der Waals surface area contributed by atoms with Crippen LogP contribution in [0.5, 0.6) is 0 Å². The maximum absolute atomic E-state index is 4.52. The molecule has 106 valence electrons. The second kappa shape index (κ2) is 6.22. The fraction of sp³-hybridized carbons (Fsp3) is 0.733. The van der Waals surface area contributed by atoms with E-state index in [0.717, 1.165) is 41.4 Å². The standard InChI is InChI=1S/C15H26N4/c1-10-6-5-7-13(8-10)9-17-15-11(2)14(16-4)18-12(3)19-15/h10,13H,5-9H2,1-4H3,(H2,16,17,18,19). The highest BCUT2D eigenvalue weighted by Crippen LogP contribution is 2.29. The predicted octanol–water partition coefficient (Wildman–Crippen LogP) is 3.37. The van der Waals surface area contributed by atoms with Gasteiger partial charge in [-0.05, 0) is 38.5 Å². The Kier molecular flexibility index (Phi) is 4.61. The number of aromatic nitrogens is 2. The van der Waals surface area contributed by atoms with Gasteiger partial charge < -0.3 is 10.6 Å². The van der Waals surface area contributed by atoms with Gasteiger partial charge in [-0.1, -0.05) is 19.8 Å². The minimum atomic E-state index is 0.788. The zero-order valence-corrected chi connectivity index (χ0v) is 12.6. The summed E-state index contributed by atoms with van der Waals surface area (Å²) in [6, 6.07) is 0. The molecule has 1 fully saturated rings. The first-order valence-corrected chi connectivity index (χ1v) is 7.37. The van der Waals surface area contributed by atoms with Crippen LogP contribution in [0, 0.1) is 25.7 Å². The smallest absolute Gasteiger partial charge is 0.134 e. The average Bonchev–Trinajstić information content (AvgIpc) is 2.39. The molecule has 1 heterocycles. The van der Waals surface area contributed by atoms with E-state index in [4.69, 9.17) is 0 Å². The highest BCUT2D eigenvalue weighted by molar-refractivity contribution is 5.56. The minimum absolute atomic E-state index is 0.788. The fourth-order valence-corrected chi connectivity index (χ4v) is 3.03. The third kappa shape index (κ3) is 3.58. The zero-order chi connectivity index (χ0) is 13.8. The first-order valence-electron chi connectivity index (χ1n) is 7.37. The number of aryl methyl sites for hydroxylation is 1. The van der Waals surface area contributed by atoms with Gasteiger partial charge >= 0.3 is 0 Å². The third-order valence-corrected chi connectivity index (χ3v) is 4.10. The van der Waals surface area contributed by atoms with Gasteiger partial charge in [0.1, 0.15) is 17.5 Å². The molecule has 0 bridgehead atoms. The maximum Gasteiger partial charge on any atom is 0.134 e. The molecular formula is C15H26N4. The van der Waals surface area contributed by atoms with E-state index in [2.05, 4.69) is 34.4 Å². The highest BCUT2D eigenvalue weighted by Gasteiger charge is 2.19. The van der Waals surface area contributed by atoms with Crippen LogP contribution in [0.4, 0.5) is 11.6 Å². The summed E-state index contributed by atoms with van der Waals surface area (Å²) in [5.41, 5.74) is 1.11. The van der Waals surface area contributed by atoms with E-state index in [1.807, 2.05) is 14.0 Å². The molecule has 0 aromatic carbocycles. The molecule has 1 aromatic heterocycles. The molecule has 2 unspecified atom stereocenters. The molecule has 0 radical (unpaired) electrons. The monoisotopic (exact) mass is 262 g/mol. The van der Waals surface area contributed by atoms with E-state index in [1.165, 1.54) is 25.7 Å². The molecule has 2 rings (SSSR count). The van der Waals surface area contributed by atoms with Crippen LogP contribution in [0.15, 0.2) is 0 Å². The lowest BCUT2D eigenvalue weighted by Crippen LogP contribution is -2.22. The molecule has 4 heteroatoms. The van der Waals surface area contributed by atoms with Crippen molar-refractivity contribution in [2.45, 2.75) is 46.5 Å². The minimum Gasteiger partial charge on any atom is -0.373 e. The SMILES string of the molecule is CNc1nc(C)nc(NCC2CCCC(C)C2)c1C. The maximum atomic E-state index is 4.52. The molecule has 1 aromatic rings. The van der Waals surface area contributed by atoms with Crippen LogP contribution in [0.1, 0.15) is 44.0 Å². The Labute approximate surface area is 116 Å². The Balaban J connectivity index is 2.01. The van der Waals surface area contributed by atoms with Crippen LogP contribution in [0.25, 0.3) is 0 Å². The van der Waals surface area contributed by atoms with Gasteiger partial charge in [-0.25, -0.2) is 9.97 Å². The van der Waals surface area contributed by atoms with E-state index >= 15 is 0 Å². The quantitative estimate of drug-likeness (QED) is 0.873.